The number of rotatable bonds is 8. The first-order valence-electron chi connectivity index (χ1n) is 10.4. The molecule has 0 spiro atoms. The van der Waals surface area contributed by atoms with Crippen LogP contribution in [0, 0.1) is 6.92 Å². The molecule has 0 N–H and O–H groups in total. The molecule has 0 fully saturated rings. The van der Waals surface area contributed by atoms with E-state index in [0.717, 1.165) is 47.6 Å². The van der Waals surface area contributed by atoms with Gasteiger partial charge in [0.05, 0.1) is 14.2 Å². The Bertz CT molecular complexity index is 974. The quantitative estimate of drug-likeness (QED) is 0.593. The number of nitrogens with zero attached hydrogens (tertiary/aromatic N) is 1. The van der Waals surface area contributed by atoms with E-state index in [4.69, 9.17) is 28.4 Å². The summed E-state index contributed by atoms with van der Waals surface area (Å²) in [5.74, 6) is 2.82. The minimum atomic E-state index is 0.163. The molecular weight excluding hydrogens is 398 g/mol. The number of methoxy groups -OCH3 is 4. The smallest absolute Gasteiger partial charge is 0.188 e. The largest absolute Gasteiger partial charge is 0.493 e. The van der Waals surface area contributed by atoms with Gasteiger partial charge < -0.3 is 28.4 Å². The van der Waals surface area contributed by atoms with Gasteiger partial charge in [0.25, 0.3) is 0 Å². The Morgan fingerprint density at radius 3 is 2.35 bits per heavy atom. The van der Waals surface area contributed by atoms with Gasteiger partial charge in [-0.1, -0.05) is 0 Å². The molecule has 0 saturated heterocycles. The number of likely N-dealkylation sites (N-methyl/N-ethyl adjacent to an activating group) is 1. The van der Waals surface area contributed by atoms with E-state index in [2.05, 4.69) is 24.9 Å². The van der Waals surface area contributed by atoms with Crippen LogP contribution in [-0.4, -0.2) is 60.5 Å². The minimum absolute atomic E-state index is 0.163. The average Bonchev–Trinajstić information content (AvgIpc) is 2.78. The van der Waals surface area contributed by atoms with E-state index >= 15 is 0 Å². The van der Waals surface area contributed by atoms with Crippen LogP contribution in [0.4, 0.5) is 0 Å². The van der Waals surface area contributed by atoms with Crippen molar-refractivity contribution in [2.24, 2.45) is 0 Å². The number of fused-ring (bicyclic) bond motifs is 2. The van der Waals surface area contributed by atoms with E-state index in [1.165, 1.54) is 16.7 Å². The van der Waals surface area contributed by atoms with E-state index in [1.807, 2.05) is 6.07 Å². The summed E-state index contributed by atoms with van der Waals surface area (Å²) in [6.07, 6.45) is 1.86. The molecule has 1 aliphatic heterocycles. The van der Waals surface area contributed by atoms with Gasteiger partial charge in [0.1, 0.15) is 0 Å². The number of ether oxygens (including phenoxy) is 6. The lowest BCUT2D eigenvalue weighted by Gasteiger charge is -2.41. The Kier molecular flexibility index (Phi) is 6.27. The van der Waals surface area contributed by atoms with Gasteiger partial charge in [-0.2, -0.15) is 0 Å². The summed E-state index contributed by atoms with van der Waals surface area (Å²) < 4.78 is 33.7. The van der Waals surface area contributed by atoms with Gasteiger partial charge in [-0.15, -0.1) is 0 Å². The van der Waals surface area contributed by atoms with Crippen molar-refractivity contribution < 1.29 is 28.4 Å². The standard InChI is InChI=1S/C24H31NO6/c1-14-16-7-8-25(2)18-9-15-10-20(30-12-26-3)19(28-5)11-17(15)22(21(16)18)24(29-6)23(14)31-13-27-4/h10-11,18H,7-9,12-13H2,1-6H3/t18-/m0/s1. The molecule has 31 heavy (non-hydrogen) atoms. The Balaban J connectivity index is 1.99. The fraction of sp³-hybridized carbons (Fsp3) is 0.500. The first-order valence-corrected chi connectivity index (χ1v) is 10.4. The molecule has 2 aromatic rings. The molecule has 7 heteroatoms. The van der Waals surface area contributed by atoms with Crippen LogP contribution in [-0.2, 0) is 22.3 Å². The second-order valence-corrected chi connectivity index (χ2v) is 7.97. The molecule has 0 aromatic heterocycles. The zero-order valence-electron chi connectivity index (χ0n) is 19.2. The summed E-state index contributed by atoms with van der Waals surface area (Å²) >= 11 is 0. The number of hydrogen-bond donors (Lipinski definition) is 0. The molecule has 0 saturated carbocycles. The monoisotopic (exact) mass is 429 g/mol. The lowest BCUT2D eigenvalue weighted by molar-refractivity contribution is 0.0485. The third kappa shape index (κ3) is 3.60. The highest BCUT2D eigenvalue weighted by molar-refractivity contribution is 5.86. The SMILES string of the molecule is COCOc1cc2c(cc1OC)-c1c(OC)c(OCOC)c(C)c3c1[C@H](C2)N(C)CC3. The molecule has 1 heterocycles. The maximum absolute atomic E-state index is 6.02. The molecule has 2 aliphatic rings. The van der Waals surface area contributed by atoms with Crippen molar-refractivity contribution in [2.75, 3.05) is 55.6 Å². The lowest BCUT2D eigenvalue weighted by Crippen LogP contribution is -2.36. The zero-order chi connectivity index (χ0) is 22.1. The lowest BCUT2D eigenvalue weighted by atomic mass is 9.75. The maximum Gasteiger partial charge on any atom is 0.188 e. The molecule has 0 unspecified atom stereocenters. The second kappa shape index (κ2) is 8.94. The summed E-state index contributed by atoms with van der Waals surface area (Å²) in [5.41, 5.74) is 7.14. The van der Waals surface area contributed by atoms with Gasteiger partial charge in [0, 0.05) is 32.4 Å². The summed E-state index contributed by atoms with van der Waals surface area (Å²) in [7, 11) is 8.76. The van der Waals surface area contributed by atoms with Crippen LogP contribution in [0.2, 0.25) is 0 Å². The van der Waals surface area contributed by atoms with E-state index in [-0.39, 0.29) is 19.6 Å². The van der Waals surface area contributed by atoms with Gasteiger partial charge in [0.15, 0.2) is 36.6 Å². The fourth-order valence-electron chi connectivity index (χ4n) is 4.87. The minimum Gasteiger partial charge on any atom is -0.493 e. The van der Waals surface area contributed by atoms with Gasteiger partial charge in [-0.3, -0.25) is 4.90 Å². The molecule has 1 aliphatic carbocycles. The van der Waals surface area contributed by atoms with E-state index in [9.17, 15) is 0 Å². The van der Waals surface area contributed by atoms with Crippen LogP contribution in [0.15, 0.2) is 12.1 Å². The topological polar surface area (TPSA) is 58.6 Å². The molecule has 4 rings (SSSR count). The summed E-state index contributed by atoms with van der Waals surface area (Å²) in [6, 6.07) is 4.37. The predicted octanol–water partition coefficient (Wildman–Crippen LogP) is 3.73. The Morgan fingerprint density at radius 1 is 0.935 bits per heavy atom. The average molecular weight is 430 g/mol. The summed E-state index contributed by atoms with van der Waals surface area (Å²) in [4.78, 5) is 2.42. The highest BCUT2D eigenvalue weighted by atomic mass is 16.7. The van der Waals surface area contributed by atoms with Crippen LogP contribution >= 0.6 is 0 Å². The summed E-state index contributed by atoms with van der Waals surface area (Å²) in [6.45, 7) is 3.44. The van der Waals surface area contributed by atoms with Crippen LogP contribution < -0.4 is 18.9 Å². The maximum atomic E-state index is 6.02. The van der Waals surface area contributed by atoms with Crippen molar-refractivity contribution >= 4 is 0 Å². The first kappa shape index (κ1) is 21.7. The van der Waals surface area contributed by atoms with Gasteiger partial charge in [-0.05, 0) is 66.8 Å². The van der Waals surface area contributed by atoms with E-state index in [0.29, 0.717) is 11.5 Å². The molecule has 168 valence electrons. The molecular formula is C24H31NO6. The van der Waals surface area contributed by atoms with Crippen LogP contribution in [0.25, 0.3) is 11.1 Å². The van der Waals surface area contributed by atoms with Crippen molar-refractivity contribution in [3.8, 4) is 34.1 Å². The van der Waals surface area contributed by atoms with Crippen molar-refractivity contribution in [1.82, 2.24) is 4.90 Å². The first-order chi connectivity index (χ1) is 15.0. The molecule has 0 radical (unpaired) electrons. The third-order valence-corrected chi connectivity index (χ3v) is 6.33. The fourth-order valence-corrected chi connectivity index (χ4v) is 4.87. The van der Waals surface area contributed by atoms with E-state index < -0.39 is 0 Å². The molecule has 0 bridgehead atoms. The number of benzene rings is 2. The molecule has 7 nitrogen and oxygen atoms in total. The van der Waals surface area contributed by atoms with Gasteiger partial charge in [0.2, 0.25) is 0 Å². The van der Waals surface area contributed by atoms with Crippen molar-refractivity contribution in [3.05, 3.63) is 34.4 Å². The second-order valence-electron chi connectivity index (χ2n) is 7.97. The van der Waals surface area contributed by atoms with Crippen molar-refractivity contribution in [1.29, 1.82) is 0 Å². The highest BCUT2D eigenvalue weighted by Crippen LogP contribution is 2.55. The van der Waals surface area contributed by atoms with Crippen molar-refractivity contribution in [2.45, 2.75) is 25.8 Å². The molecule has 0 amide bonds. The van der Waals surface area contributed by atoms with Crippen molar-refractivity contribution in [3.63, 3.8) is 0 Å². The zero-order valence-corrected chi connectivity index (χ0v) is 19.2. The Hall–Kier alpha value is -2.48. The molecule has 2 aromatic carbocycles. The Labute approximate surface area is 183 Å². The third-order valence-electron chi connectivity index (χ3n) is 6.33. The van der Waals surface area contributed by atoms with E-state index in [1.54, 1.807) is 28.4 Å². The van der Waals surface area contributed by atoms with Crippen LogP contribution in [0.5, 0.6) is 23.0 Å². The van der Waals surface area contributed by atoms with Gasteiger partial charge >= 0.3 is 0 Å². The predicted molar refractivity (Wildman–Crippen MR) is 118 cm³/mol. The molecule has 1 atom stereocenters. The van der Waals surface area contributed by atoms with Gasteiger partial charge in [-0.25, -0.2) is 0 Å². The number of hydrogen-bond acceptors (Lipinski definition) is 7. The van der Waals surface area contributed by atoms with Crippen LogP contribution in [0.3, 0.4) is 0 Å². The van der Waals surface area contributed by atoms with Crippen LogP contribution in [0.1, 0.15) is 28.3 Å². The Morgan fingerprint density at radius 2 is 1.68 bits per heavy atom. The summed E-state index contributed by atoms with van der Waals surface area (Å²) in [5, 5.41) is 0. The highest BCUT2D eigenvalue weighted by Gasteiger charge is 2.38. The normalized spacial score (nSPS) is 17.0.